The number of nitrogens with one attached hydrogen (secondary N) is 1. The summed E-state index contributed by atoms with van der Waals surface area (Å²) in [7, 11) is 0. The van der Waals surface area contributed by atoms with Crippen LogP contribution in [0, 0.1) is 6.92 Å². The topological polar surface area (TPSA) is 51.0 Å². The van der Waals surface area contributed by atoms with E-state index in [4.69, 9.17) is 16.1 Å². The number of hydrogen-bond donors (Lipinski definition) is 1. The van der Waals surface area contributed by atoms with Crippen LogP contribution in [0.4, 0.5) is 5.69 Å². The maximum absolute atomic E-state index is 5.96. The third-order valence-electron chi connectivity index (χ3n) is 1.94. The molecule has 2 aromatic rings. The first kappa shape index (κ1) is 11.4. The average molecular weight is 303 g/mol. The third kappa shape index (κ3) is 2.74. The summed E-state index contributed by atoms with van der Waals surface area (Å²) in [6, 6.07) is 5.63. The number of aromatic nitrogens is 2. The van der Waals surface area contributed by atoms with Gasteiger partial charge in [-0.2, -0.15) is 4.98 Å². The van der Waals surface area contributed by atoms with E-state index in [1.54, 1.807) is 6.92 Å². The summed E-state index contributed by atoms with van der Waals surface area (Å²) in [5.74, 6) is 1.18. The minimum Gasteiger partial charge on any atom is -0.378 e. The van der Waals surface area contributed by atoms with Crippen LogP contribution in [0.2, 0.25) is 5.02 Å². The Kier molecular flexibility index (Phi) is 3.46. The first-order chi connectivity index (χ1) is 7.65. The smallest absolute Gasteiger partial charge is 0.223 e. The summed E-state index contributed by atoms with van der Waals surface area (Å²) in [6.07, 6.45) is 0. The summed E-state index contributed by atoms with van der Waals surface area (Å²) >= 11 is 9.29. The van der Waals surface area contributed by atoms with E-state index >= 15 is 0 Å². The van der Waals surface area contributed by atoms with Crippen LogP contribution in [0.3, 0.4) is 0 Å². The zero-order valence-electron chi connectivity index (χ0n) is 8.50. The SMILES string of the molecule is Cc1nc(CNc2ccc(Br)c(Cl)c2)no1. The summed E-state index contributed by atoms with van der Waals surface area (Å²) in [6.45, 7) is 2.27. The number of hydrogen-bond acceptors (Lipinski definition) is 4. The molecule has 0 aliphatic heterocycles. The van der Waals surface area contributed by atoms with Gasteiger partial charge in [-0.3, -0.25) is 0 Å². The molecule has 0 amide bonds. The van der Waals surface area contributed by atoms with E-state index in [-0.39, 0.29) is 0 Å². The second kappa shape index (κ2) is 4.84. The van der Waals surface area contributed by atoms with Crippen molar-refractivity contribution in [2.45, 2.75) is 13.5 Å². The van der Waals surface area contributed by atoms with Gasteiger partial charge >= 0.3 is 0 Å². The summed E-state index contributed by atoms with van der Waals surface area (Å²) in [5.41, 5.74) is 0.913. The molecule has 1 heterocycles. The summed E-state index contributed by atoms with van der Waals surface area (Å²) in [4.78, 5) is 4.08. The van der Waals surface area contributed by atoms with Crippen molar-refractivity contribution in [3.63, 3.8) is 0 Å². The predicted octanol–water partition coefficient (Wildman–Crippen LogP) is 3.41. The molecule has 4 nitrogen and oxygen atoms in total. The third-order valence-corrected chi connectivity index (χ3v) is 3.17. The van der Waals surface area contributed by atoms with Crippen molar-refractivity contribution in [2.24, 2.45) is 0 Å². The molecule has 16 heavy (non-hydrogen) atoms. The molecule has 0 atom stereocenters. The Morgan fingerprint density at radius 3 is 2.94 bits per heavy atom. The first-order valence-corrected chi connectivity index (χ1v) is 5.80. The van der Waals surface area contributed by atoms with Crippen molar-refractivity contribution >= 4 is 33.2 Å². The van der Waals surface area contributed by atoms with Crippen LogP contribution in [-0.4, -0.2) is 10.1 Å². The normalized spacial score (nSPS) is 10.4. The number of rotatable bonds is 3. The van der Waals surface area contributed by atoms with E-state index in [9.17, 15) is 0 Å². The first-order valence-electron chi connectivity index (χ1n) is 4.63. The van der Waals surface area contributed by atoms with Gasteiger partial charge in [-0.1, -0.05) is 16.8 Å². The lowest BCUT2D eigenvalue weighted by molar-refractivity contribution is 0.388. The highest BCUT2D eigenvalue weighted by Gasteiger charge is 2.03. The Morgan fingerprint density at radius 2 is 2.31 bits per heavy atom. The molecule has 0 saturated heterocycles. The van der Waals surface area contributed by atoms with Crippen LogP contribution in [0.1, 0.15) is 11.7 Å². The molecule has 1 aromatic heterocycles. The van der Waals surface area contributed by atoms with E-state index < -0.39 is 0 Å². The molecule has 0 saturated carbocycles. The summed E-state index contributed by atoms with van der Waals surface area (Å²) in [5, 5.41) is 7.59. The van der Waals surface area contributed by atoms with E-state index in [1.807, 2.05) is 18.2 Å². The van der Waals surface area contributed by atoms with Crippen molar-refractivity contribution in [3.05, 3.63) is 39.4 Å². The fourth-order valence-corrected chi connectivity index (χ4v) is 1.63. The fourth-order valence-electron chi connectivity index (χ4n) is 1.20. The molecule has 6 heteroatoms. The molecular formula is C10H9BrClN3O. The average Bonchev–Trinajstić information content (AvgIpc) is 2.66. The maximum atomic E-state index is 5.96. The van der Waals surface area contributed by atoms with Gasteiger partial charge in [-0.15, -0.1) is 0 Å². The van der Waals surface area contributed by atoms with Crippen LogP contribution in [0.15, 0.2) is 27.2 Å². The van der Waals surface area contributed by atoms with Crippen LogP contribution in [0.25, 0.3) is 0 Å². The van der Waals surface area contributed by atoms with Gasteiger partial charge in [0, 0.05) is 17.1 Å². The minimum atomic E-state index is 0.509. The maximum Gasteiger partial charge on any atom is 0.223 e. The molecule has 84 valence electrons. The quantitative estimate of drug-likeness (QED) is 0.944. The molecule has 0 aliphatic rings. The van der Waals surface area contributed by atoms with Crippen LogP contribution in [0.5, 0.6) is 0 Å². The van der Waals surface area contributed by atoms with Crippen LogP contribution < -0.4 is 5.32 Å². The lowest BCUT2D eigenvalue weighted by Crippen LogP contribution is -2.01. The van der Waals surface area contributed by atoms with Gasteiger partial charge in [-0.05, 0) is 34.1 Å². The van der Waals surface area contributed by atoms with Gasteiger partial charge in [0.1, 0.15) is 0 Å². The molecule has 0 bridgehead atoms. The molecule has 0 radical (unpaired) electrons. The van der Waals surface area contributed by atoms with Crippen molar-refractivity contribution < 1.29 is 4.52 Å². The fraction of sp³-hybridized carbons (Fsp3) is 0.200. The number of aryl methyl sites for hydroxylation is 1. The van der Waals surface area contributed by atoms with Gasteiger partial charge in [0.15, 0.2) is 5.82 Å². The number of anilines is 1. The monoisotopic (exact) mass is 301 g/mol. The lowest BCUT2D eigenvalue weighted by Gasteiger charge is -2.04. The molecule has 0 spiro atoms. The molecule has 0 unspecified atom stereocenters. The molecular weight excluding hydrogens is 293 g/mol. The molecule has 1 N–H and O–H groups in total. The standard InChI is InChI=1S/C10H9BrClN3O/c1-6-14-10(15-16-6)5-13-7-2-3-8(11)9(12)4-7/h2-4,13H,5H2,1H3. The Bertz CT molecular complexity index is 501. The minimum absolute atomic E-state index is 0.509. The van der Waals surface area contributed by atoms with Gasteiger partial charge in [0.05, 0.1) is 11.6 Å². The van der Waals surface area contributed by atoms with E-state index in [0.29, 0.717) is 23.3 Å². The van der Waals surface area contributed by atoms with E-state index in [1.165, 1.54) is 0 Å². The van der Waals surface area contributed by atoms with Gasteiger partial charge in [0.25, 0.3) is 0 Å². The van der Waals surface area contributed by atoms with Gasteiger partial charge in [-0.25, -0.2) is 0 Å². The highest BCUT2D eigenvalue weighted by atomic mass is 79.9. The highest BCUT2D eigenvalue weighted by Crippen LogP contribution is 2.25. The van der Waals surface area contributed by atoms with Crippen molar-refractivity contribution in [2.75, 3.05) is 5.32 Å². The van der Waals surface area contributed by atoms with Gasteiger partial charge < -0.3 is 9.84 Å². The second-order valence-electron chi connectivity index (χ2n) is 3.21. The van der Waals surface area contributed by atoms with Gasteiger partial charge in [0.2, 0.25) is 5.89 Å². The van der Waals surface area contributed by atoms with Crippen molar-refractivity contribution in [3.8, 4) is 0 Å². The van der Waals surface area contributed by atoms with Crippen LogP contribution in [-0.2, 0) is 6.54 Å². The Hall–Kier alpha value is -1.07. The summed E-state index contributed by atoms with van der Waals surface area (Å²) < 4.78 is 5.73. The van der Waals surface area contributed by atoms with Crippen LogP contribution >= 0.6 is 27.5 Å². The molecule has 0 fully saturated rings. The number of nitrogens with zero attached hydrogens (tertiary/aromatic N) is 2. The second-order valence-corrected chi connectivity index (χ2v) is 4.47. The van der Waals surface area contributed by atoms with Crippen molar-refractivity contribution in [1.82, 2.24) is 10.1 Å². The van der Waals surface area contributed by atoms with E-state index in [0.717, 1.165) is 10.2 Å². The predicted molar refractivity (Wildman–Crippen MR) is 65.5 cm³/mol. The number of benzene rings is 1. The zero-order valence-corrected chi connectivity index (χ0v) is 10.8. The Balaban J connectivity index is 2.02. The van der Waals surface area contributed by atoms with E-state index in [2.05, 4.69) is 31.4 Å². The Morgan fingerprint density at radius 1 is 1.50 bits per heavy atom. The number of halogens is 2. The molecule has 1 aromatic carbocycles. The Labute approximate surface area is 106 Å². The molecule has 2 rings (SSSR count). The zero-order chi connectivity index (χ0) is 11.5. The largest absolute Gasteiger partial charge is 0.378 e. The molecule has 0 aliphatic carbocycles. The lowest BCUT2D eigenvalue weighted by atomic mass is 10.3. The highest BCUT2D eigenvalue weighted by molar-refractivity contribution is 9.10. The van der Waals surface area contributed by atoms with Crippen molar-refractivity contribution in [1.29, 1.82) is 0 Å².